The van der Waals surface area contributed by atoms with Gasteiger partial charge in [-0.15, -0.1) is 0 Å². The average Bonchev–Trinajstić information content (AvgIpc) is 2.61. The monoisotopic (exact) mass is 301 g/mol. The lowest BCUT2D eigenvalue weighted by atomic mass is 10.1. The lowest BCUT2D eigenvalue weighted by Crippen LogP contribution is -1.98. The molecular formula is C11H9BrClNO2. The molecule has 0 fully saturated rings. The topological polar surface area (TPSA) is 35.1 Å². The second-order valence-corrected chi connectivity index (χ2v) is 4.49. The summed E-state index contributed by atoms with van der Waals surface area (Å²) in [6.45, 7) is 0.628. The van der Waals surface area contributed by atoms with Gasteiger partial charge in [0.2, 0.25) is 0 Å². The number of rotatable bonds is 3. The molecule has 0 radical (unpaired) electrons. The van der Waals surface area contributed by atoms with E-state index < -0.39 is 0 Å². The fourth-order valence-electron chi connectivity index (χ4n) is 1.39. The number of halogens is 2. The van der Waals surface area contributed by atoms with E-state index in [2.05, 4.69) is 15.9 Å². The summed E-state index contributed by atoms with van der Waals surface area (Å²) >= 11 is 9.07. The number of aromatic nitrogens is 1. The molecule has 0 saturated heterocycles. The Bertz CT molecular complexity index is 530. The van der Waals surface area contributed by atoms with Gasteiger partial charge in [-0.25, -0.2) is 9.53 Å². The van der Waals surface area contributed by atoms with Crippen molar-refractivity contribution in [3.63, 3.8) is 0 Å². The maximum Gasteiger partial charge on any atom is 0.365 e. The highest BCUT2D eigenvalue weighted by Crippen LogP contribution is 2.18. The van der Waals surface area contributed by atoms with E-state index in [1.807, 2.05) is 0 Å². The van der Waals surface area contributed by atoms with Crippen molar-refractivity contribution < 1.29 is 4.52 Å². The Morgan fingerprint density at radius 2 is 2.00 bits per heavy atom. The summed E-state index contributed by atoms with van der Waals surface area (Å²) < 4.78 is 6.55. The van der Waals surface area contributed by atoms with Gasteiger partial charge >= 0.3 is 5.63 Å². The van der Waals surface area contributed by atoms with E-state index >= 15 is 0 Å². The molecule has 84 valence electrons. The molecule has 3 nitrogen and oxygen atoms in total. The Labute approximate surface area is 106 Å². The first kappa shape index (κ1) is 11.5. The number of hydrogen-bond donors (Lipinski definition) is 0. The summed E-state index contributed by atoms with van der Waals surface area (Å²) in [5.41, 5.74) is 1.03. The molecule has 2 rings (SSSR count). The van der Waals surface area contributed by atoms with Crippen LogP contribution in [0.2, 0.25) is 5.02 Å². The fraction of sp³-hybridized carbons (Fsp3) is 0.182. The predicted octanol–water partition coefficient (Wildman–Crippen LogP) is 3.16. The first-order valence-electron chi connectivity index (χ1n) is 4.73. The summed E-state index contributed by atoms with van der Waals surface area (Å²) in [6.07, 6.45) is 1.70. The van der Waals surface area contributed by atoms with Crippen LogP contribution in [0.4, 0.5) is 0 Å². The minimum Gasteiger partial charge on any atom is -0.336 e. The first-order chi connectivity index (χ1) is 7.70. The van der Waals surface area contributed by atoms with Gasteiger partial charge in [-0.3, -0.25) is 0 Å². The first-order valence-corrected chi connectivity index (χ1v) is 6.23. The maximum atomic E-state index is 11.6. The zero-order chi connectivity index (χ0) is 11.5. The fourth-order valence-corrected chi connectivity index (χ4v) is 1.87. The van der Waals surface area contributed by atoms with Crippen LogP contribution in [-0.4, -0.2) is 10.1 Å². The van der Waals surface area contributed by atoms with Crippen molar-refractivity contribution in [2.24, 2.45) is 0 Å². The van der Waals surface area contributed by atoms with Gasteiger partial charge in [0.05, 0.1) is 18.3 Å². The Morgan fingerprint density at radius 1 is 1.31 bits per heavy atom. The van der Waals surface area contributed by atoms with Crippen molar-refractivity contribution in [2.75, 3.05) is 5.33 Å². The molecule has 0 N–H and O–H groups in total. The van der Waals surface area contributed by atoms with Crippen molar-refractivity contribution in [3.8, 4) is 11.1 Å². The van der Waals surface area contributed by atoms with Crippen LogP contribution >= 0.6 is 27.5 Å². The van der Waals surface area contributed by atoms with Gasteiger partial charge in [-0.2, -0.15) is 0 Å². The van der Waals surface area contributed by atoms with Crippen LogP contribution in [0, 0.1) is 0 Å². The molecule has 0 aliphatic carbocycles. The van der Waals surface area contributed by atoms with Gasteiger partial charge < -0.3 is 4.52 Å². The van der Waals surface area contributed by atoms with E-state index in [4.69, 9.17) is 16.1 Å². The summed E-state index contributed by atoms with van der Waals surface area (Å²) in [5, 5.41) is 1.39. The van der Waals surface area contributed by atoms with E-state index in [9.17, 15) is 4.79 Å². The largest absolute Gasteiger partial charge is 0.365 e. The van der Waals surface area contributed by atoms with Crippen LogP contribution in [0.5, 0.6) is 0 Å². The summed E-state index contributed by atoms with van der Waals surface area (Å²) in [4.78, 5) is 11.6. The molecule has 0 aliphatic heterocycles. The van der Waals surface area contributed by atoms with E-state index in [0.29, 0.717) is 17.1 Å². The van der Waals surface area contributed by atoms with Gasteiger partial charge in [0.1, 0.15) is 0 Å². The van der Waals surface area contributed by atoms with Crippen LogP contribution in [0.25, 0.3) is 11.1 Å². The molecule has 2 aromatic rings. The maximum absolute atomic E-state index is 11.6. The number of hydrogen-bond acceptors (Lipinski definition) is 2. The average molecular weight is 303 g/mol. The van der Waals surface area contributed by atoms with Gasteiger partial charge in [0.25, 0.3) is 0 Å². The number of benzene rings is 1. The van der Waals surface area contributed by atoms with Crippen LogP contribution in [0.1, 0.15) is 0 Å². The van der Waals surface area contributed by atoms with Crippen molar-refractivity contribution in [1.82, 2.24) is 4.74 Å². The lowest BCUT2D eigenvalue weighted by Gasteiger charge is -1.95. The Hall–Kier alpha value is -1.00. The van der Waals surface area contributed by atoms with Gasteiger partial charge in [0.15, 0.2) is 0 Å². The van der Waals surface area contributed by atoms with E-state index in [1.54, 1.807) is 30.5 Å². The molecular weight excluding hydrogens is 293 g/mol. The molecule has 0 aliphatic rings. The van der Waals surface area contributed by atoms with Crippen molar-refractivity contribution in [3.05, 3.63) is 45.9 Å². The van der Waals surface area contributed by atoms with Crippen molar-refractivity contribution >= 4 is 27.5 Å². The highest BCUT2D eigenvalue weighted by atomic mass is 79.9. The highest BCUT2D eigenvalue weighted by Gasteiger charge is 2.08. The molecule has 0 unspecified atom stereocenters. The van der Waals surface area contributed by atoms with Crippen LogP contribution in [0.15, 0.2) is 39.8 Å². The third-order valence-corrected chi connectivity index (χ3v) is 2.76. The summed E-state index contributed by atoms with van der Waals surface area (Å²) in [6, 6.07) is 7.09. The lowest BCUT2D eigenvalue weighted by molar-refractivity contribution is 0.262. The van der Waals surface area contributed by atoms with Crippen molar-refractivity contribution in [1.29, 1.82) is 0 Å². The minimum atomic E-state index is -0.330. The molecule has 1 aromatic carbocycles. The highest BCUT2D eigenvalue weighted by molar-refractivity contribution is 9.09. The Kier molecular flexibility index (Phi) is 3.51. The molecule has 16 heavy (non-hydrogen) atoms. The summed E-state index contributed by atoms with van der Waals surface area (Å²) in [7, 11) is 0. The van der Waals surface area contributed by atoms with Gasteiger partial charge in [0, 0.05) is 10.4 Å². The smallest absolute Gasteiger partial charge is 0.336 e. The predicted molar refractivity (Wildman–Crippen MR) is 67.2 cm³/mol. The molecule has 1 heterocycles. The number of alkyl halides is 1. The molecule has 0 amide bonds. The van der Waals surface area contributed by atoms with Crippen LogP contribution in [0.3, 0.4) is 0 Å². The molecule has 0 atom stereocenters. The van der Waals surface area contributed by atoms with Crippen LogP contribution in [-0.2, 0) is 6.54 Å². The van der Waals surface area contributed by atoms with Crippen LogP contribution < -0.4 is 5.63 Å². The van der Waals surface area contributed by atoms with E-state index in [1.165, 1.54) is 4.74 Å². The third-order valence-electron chi connectivity index (χ3n) is 2.15. The van der Waals surface area contributed by atoms with E-state index in [0.717, 1.165) is 10.9 Å². The SMILES string of the molecule is O=c1on(CCBr)cc1-c1ccc(Cl)cc1. The van der Waals surface area contributed by atoms with Gasteiger partial charge in [-0.1, -0.05) is 39.7 Å². The normalized spacial score (nSPS) is 10.6. The third kappa shape index (κ3) is 2.39. The zero-order valence-corrected chi connectivity index (χ0v) is 10.7. The Morgan fingerprint density at radius 3 is 2.62 bits per heavy atom. The molecule has 1 aromatic heterocycles. The standard InChI is InChI=1S/C11H9BrClNO2/c12-5-6-14-7-10(11(15)16-14)8-1-3-9(13)4-2-8/h1-4,7H,5-6H2. The molecule has 5 heteroatoms. The minimum absolute atomic E-state index is 0.330. The Balaban J connectivity index is 2.40. The molecule has 0 saturated carbocycles. The van der Waals surface area contributed by atoms with E-state index in [-0.39, 0.29) is 5.63 Å². The van der Waals surface area contributed by atoms with Crippen molar-refractivity contribution in [2.45, 2.75) is 6.54 Å². The number of aryl methyl sites for hydroxylation is 1. The zero-order valence-electron chi connectivity index (χ0n) is 8.32. The number of nitrogens with zero attached hydrogens (tertiary/aromatic N) is 1. The van der Waals surface area contributed by atoms with Gasteiger partial charge in [-0.05, 0) is 17.7 Å². The molecule has 0 bridgehead atoms. The molecule has 0 spiro atoms. The summed E-state index contributed by atoms with van der Waals surface area (Å²) in [5.74, 6) is 0. The second kappa shape index (κ2) is 4.89. The quantitative estimate of drug-likeness (QED) is 0.816. The second-order valence-electron chi connectivity index (χ2n) is 3.26.